The van der Waals surface area contributed by atoms with Crippen LogP contribution in [0.4, 0.5) is 13.2 Å². The minimum atomic E-state index is -4.34. The van der Waals surface area contributed by atoms with Gasteiger partial charge in [0.2, 0.25) is 5.91 Å². The maximum atomic E-state index is 12.6. The quantitative estimate of drug-likeness (QED) is 0.720. The van der Waals surface area contributed by atoms with Crippen LogP contribution in [-0.4, -0.2) is 47.9 Å². The fourth-order valence-corrected chi connectivity index (χ4v) is 3.14. The number of hydrogen-bond donors (Lipinski definition) is 0. The van der Waals surface area contributed by atoms with Gasteiger partial charge in [0, 0.05) is 25.2 Å². The molecule has 1 atom stereocenters. The Balaban J connectivity index is 1.99. The number of rotatable bonds is 6. The highest BCUT2D eigenvalue weighted by molar-refractivity contribution is 5.92. The Kier molecular flexibility index (Phi) is 6.64. The van der Waals surface area contributed by atoms with Crippen molar-refractivity contribution in [1.29, 1.82) is 0 Å². The molecule has 1 aliphatic rings. The zero-order valence-corrected chi connectivity index (χ0v) is 14.7. The molecule has 138 valence electrons. The first-order valence-electron chi connectivity index (χ1n) is 8.73. The molecule has 0 radical (unpaired) electrons. The van der Waals surface area contributed by atoms with Gasteiger partial charge >= 0.3 is 6.18 Å². The molecule has 25 heavy (non-hydrogen) atoms. The maximum absolute atomic E-state index is 12.6. The molecule has 0 N–H and O–H groups in total. The van der Waals surface area contributed by atoms with Crippen LogP contribution in [0.1, 0.15) is 37.8 Å². The second-order valence-corrected chi connectivity index (χ2v) is 6.27. The Hall–Kier alpha value is -1.82. The Morgan fingerprint density at radius 3 is 2.44 bits per heavy atom. The number of likely N-dealkylation sites (N-methyl/N-ethyl adjacent to an activating group) is 1. The summed E-state index contributed by atoms with van der Waals surface area (Å²) in [5, 5.41) is 0. The zero-order valence-electron chi connectivity index (χ0n) is 14.7. The summed E-state index contributed by atoms with van der Waals surface area (Å²) in [6.45, 7) is 7.73. The number of carbonyl (C=O) groups excluding carboxylic acids is 1. The Morgan fingerprint density at radius 2 is 1.88 bits per heavy atom. The van der Waals surface area contributed by atoms with Crippen LogP contribution in [0.5, 0.6) is 0 Å². The highest BCUT2D eigenvalue weighted by atomic mass is 19.4. The Morgan fingerprint density at radius 1 is 1.24 bits per heavy atom. The molecule has 0 aromatic heterocycles. The number of carbonyl (C=O) groups is 1. The van der Waals surface area contributed by atoms with Crippen molar-refractivity contribution < 1.29 is 18.0 Å². The van der Waals surface area contributed by atoms with Gasteiger partial charge in [0.1, 0.15) is 0 Å². The number of alkyl halides is 3. The van der Waals surface area contributed by atoms with Crippen molar-refractivity contribution in [3.63, 3.8) is 0 Å². The van der Waals surface area contributed by atoms with Crippen LogP contribution in [0, 0.1) is 0 Å². The molecular formula is C19H25F3N2O. The van der Waals surface area contributed by atoms with Crippen LogP contribution in [0.2, 0.25) is 0 Å². The molecule has 0 aliphatic carbocycles. The first-order valence-corrected chi connectivity index (χ1v) is 8.73. The minimum absolute atomic E-state index is 0.0745. The fraction of sp³-hybridized carbons (Fsp3) is 0.526. The molecule has 1 saturated heterocycles. The topological polar surface area (TPSA) is 23.6 Å². The first-order chi connectivity index (χ1) is 11.8. The van der Waals surface area contributed by atoms with Crippen LogP contribution >= 0.6 is 0 Å². The molecule has 1 aromatic carbocycles. The Labute approximate surface area is 147 Å². The van der Waals surface area contributed by atoms with E-state index in [1.807, 2.05) is 4.90 Å². The van der Waals surface area contributed by atoms with Gasteiger partial charge in [0.25, 0.3) is 0 Å². The third-order valence-electron chi connectivity index (χ3n) is 4.68. The highest BCUT2D eigenvalue weighted by Crippen LogP contribution is 2.29. The molecule has 1 aliphatic heterocycles. The van der Waals surface area contributed by atoms with Gasteiger partial charge in [-0.05, 0) is 49.7 Å². The van der Waals surface area contributed by atoms with Crippen molar-refractivity contribution in [3.8, 4) is 0 Å². The largest absolute Gasteiger partial charge is 0.416 e. The normalized spacial score (nSPS) is 18.5. The summed E-state index contributed by atoms with van der Waals surface area (Å²) < 4.78 is 37.7. The van der Waals surface area contributed by atoms with Crippen LogP contribution in [0.3, 0.4) is 0 Å². The van der Waals surface area contributed by atoms with E-state index in [4.69, 9.17) is 0 Å². The molecule has 0 saturated carbocycles. The summed E-state index contributed by atoms with van der Waals surface area (Å²) in [4.78, 5) is 16.6. The molecule has 3 nitrogen and oxygen atoms in total. The fourth-order valence-electron chi connectivity index (χ4n) is 3.14. The number of nitrogens with zero attached hydrogens (tertiary/aromatic N) is 2. The predicted molar refractivity (Wildman–Crippen MR) is 93.0 cm³/mol. The van der Waals surface area contributed by atoms with Crippen LogP contribution < -0.4 is 0 Å². The summed E-state index contributed by atoms with van der Waals surface area (Å²) in [7, 11) is 0. The van der Waals surface area contributed by atoms with Crippen molar-refractivity contribution in [2.75, 3.05) is 26.2 Å². The minimum Gasteiger partial charge on any atom is -0.335 e. The molecule has 1 fully saturated rings. The van der Waals surface area contributed by atoms with Crippen LogP contribution in [-0.2, 0) is 11.0 Å². The maximum Gasteiger partial charge on any atom is 0.416 e. The lowest BCUT2D eigenvalue weighted by atomic mass is 10.1. The lowest BCUT2D eigenvalue weighted by Gasteiger charge is -2.29. The highest BCUT2D eigenvalue weighted by Gasteiger charge is 2.30. The van der Waals surface area contributed by atoms with Crippen molar-refractivity contribution >= 4 is 12.0 Å². The van der Waals surface area contributed by atoms with E-state index in [1.54, 1.807) is 6.08 Å². The summed E-state index contributed by atoms with van der Waals surface area (Å²) in [5.74, 6) is -0.0745. The van der Waals surface area contributed by atoms with Crippen LogP contribution in [0.15, 0.2) is 30.3 Å². The third kappa shape index (κ3) is 5.33. The van der Waals surface area contributed by atoms with Crippen LogP contribution in [0.25, 0.3) is 6.08 Å². The number of halogens is 3. The second kappa shape index (κ2) is 8.52. The lowest BCUT2D eigenvalue weighted by Crippen LogP contribution is -2.42. The standard InChI is InChI=1S/C19H25F3N2O/c1-3-23(4-2)14-17-6-5-13-24(17)18(25)12-9-15-7-10-16(11-8-15)19(20,21)22/h7-12,17H,3-6,13-14H2,1-2H3/b12-9+/t17-/m0/s1. The van der Waals surface area contributed by atoms with Crippen molar-refractivity contribution in [2.45, 2.75) is 38.9 Å². The van der Waals surface area contributed by atoms with E-state index in [0.717, 1.165) is 51.2 Å². The van der Waals surface area contributed by atoms with E-state index >= 15 is 0 Å². The van der Waals surface area contributed by atoms with Gasteiger partial charge in [0.15, 0.2) is 0 Å². The monoisotopic (exact) mass is 354 g/mol. The molecule has 0 bridgehead atoms. The number of likely N-dealkylation sites (tertiary alicyclic amines) is 1. The van der Waals surface area contributed by atoms with Gasteiger partial charge in [-0.2, -0.15) is 13.2 Å². The van der Waals surface area contributed by atoms with Gasteiger partial charge in [-0.25, -0.2) is 0 Å². The van der Waals surface area contributed by atoms with E-state index in [0.29, 0.717) is 5.56 Å². The van der Waals surface area contributed by atoms with Gasteiger partial charge in [-0.1, -0.05) is 26.0 Å². The average Bonchev–Trinajstić information content (AvgIpc) is 3.05. The van der Waals surface area contributed by atoms with E-state index in [1.165, 1.54) is 18.2 Å². The molecule has 0 spiro atoms. The van der Waals surface area contributed by atoms with Gasteiger partial charge < -0.3 is 9.80 Å². The van der Waals surface area contributed by atoms with Gasteiger partial charge in [-0.15, -0.1) is 0 Å². The number of benzene rings is 1. The Bertz CT molecular complexity index is 592. The first kappa shape index (κ1) is 19.5. The molecular weight excluding hydrogens is 329 g/mol. The summed E-state index contributed by atoms with van der Waals surface area (Å²) in [6.07, 6.45) is 0.686. The molecule has 1 aromatic rings. The smallest absolute Gasteiger partial charge is 0.335 e. The SMILES string of the molecule is CCN(CC)C[C@@H]1CCCN1C(=O)/C=C/c1ccc(C(F)(F)F)cc1. The molecule has 1 amide bonds. The van der Waals surface area contributed by atoms with Gasteiger partial charge in [-0.3, -0.25) is 4.79 Å². The van der Waals surface area contributed by atoms with E-state index in [9.17, 15) is 18.0 Å². The van der Waals surface area contributed by atoms with Gasteiger partial charge in [0.05, 0.1) is 5.56 Å². The second-order valence-electron chi connectivity index (χ2n) is 6.27. The number of amides is 1. The van der Waals surface area contributed by atoms with Crippen molar-refractivity contribution in [3.05, 3.63) is 41.5 Å². The van der Waals surface area contributed by atoms with E-state index in [2.05, 4.69) is 18.7 Å². The van der Waals surface area contributed by atoms with E-state index < -0.39 is 11.7 Å². The third-order valence-corrected chi connectivity index (χ3v) is 4.68. The predicted octanol–water partition coefficient (Wildman–Crippen LogP) is 4.05. The lowest BCUT2D eigenvalue weighted by molar-refractivity contribution is -0.137. The average molecular weight is 354 g/mol. The molecule has 0 unspecified atom stereocenters. The summed E-state index contributed by atoms with van der Waals surface area (Å²) in [5.41, 5.74) is -0.101. The van der Waals surface area contributed by atoms with Crippen molar-refractivity contribution in [1.82, 2.24) is 9.80 Å². The molecule has 1 heterocycles. The zero-order chi connectivity index (χ0) is 18.4. The summed E-state index contributed by atoms with van der Waals surface area (Å²) in [6, 6.07) is 5.03. The molecule has 6 heteroatoms. The van der Waals surface area contributed by atoms with Crippen molar-refractivity contribution in [2.24, 2.45) is 0 Å². The molecule has 2 rings (SSSR count). The van der Waals surface area contributed by atoms with E-state index in [-0.39, 0.29) is 11.9 Å². The summed E-state index contributed by atoms with van der Waals surface area (Å²) >= 11 is 0. The number of hydrogen-bond acceptors (Lipinski definition) is 2.